The number of aromatic nitrogens is 9. The van der Waals surface area contributed by atoms with E-state index in [-0.39, 0.29) is 0 Å². The molecule has 0 amide bonds. The van der Waals surface area contributed by atoms with Gasteiger partial charge in [-0.3, -0.25) is 9.13 Å². The summed E-state index contributed by atoms with van der Waals surface area (Å²) in [5, 5.41) is 6.52. The molecule has 322 valence electrons. The second-order valence-electron chi connectivity index (χ2n) is 17.1. The van der Waals surface area contributed by atoms with Crippen LogP contribution in [0.3, 0.4) is 0 Å². The van der Waals surface area contributed by atoms with E-state index < -0.39 is 0 Å². The lowest BCUT2D eigenvalue weighted by Gasteiger charge is -2.13. The van der Waals surface area contributed by atoms with Crippen molar-refractivity contribution < 1.29 is 0 Å². The Morgan fingerprint density at radius 1 is 0.232 bits per heavy atom. The number of benzene rings is 9. The van der Waals surface area contributed by atoms with Crippen LogP contribution in [-0.4, -0.2) is 43.6 Å². The third-order valence-corrected chi connectivity index (χ3v) is 13.1. The fourth-order valence-corrected chi connectivity index (χ4v) is 10.1. The summed E-state index contributed by atoms with van der Waals surface area (Å²) in [5.41, 5.74) is 10.8. The summed E-state index contributed by atoms with van der Waals surface area (Å²) < 4.78 is 6.85. The van der Waals surface area contributed by atoms with Gasteiger partial charge >= 0.3 is 0 Å². The van der Waals surface area contributed by atoms with E-state index in [1.165, 1.54) is 0 Å². The Balaban J connectivity index is 1.11. The zero-order chi connectivity index (χ0) is 45.4. The molecule has 0 fully saturated rings. The van der Waals surface area contributed by atoms with Crippen molar-refractivity contribution in [2.45, 2.75) is 0 Å². The van der Waals surface area contributed by atoms with Gasteiger partial charge in [-0.25, -0.2) is 9.97 Å². The number of hydrogen-bond donors (Lipinski definition) is 0. The Bertz CT molecular complexity index is 4160. The number of fused-ring (bicyclic) bond motifs is 10. The van der Waals surface area contributed by atoms with Crippen LogP contribution in [0.1, 0.15) is 0 Å². The minimum Gasteiger partial charge on any atom is -0.307 e. The maximum atomic E-state index is 5.32. The Kier molecular flexibility index (Phi) is 8.68. The van der Waals surface area contributed by atoms with Crippen molar-refractivity contribution in [3.63, 3.8) is 0 Å². The second-order valence-corrected chi connectivity index (χ2v) is 17.1. The normalized spacial score (nSPS) is 11.8. The summed E-state index contributed by atoms with van der Waals surface area (Å²) in [5.74, 6) is 3.48. The molecule has 0 atom stereocenters. The minimum absolute atomic E-state index is 0.534. The smallest absolute Gasteiger partial charge is 0.238 e. The summed E-state index contributed by atoms with van der Waals surface area (Å²) in [4.78, 5) is 31.3. The molecule has 14 rings (SSSR count). The average Bonchev–Trinajstić information content (AvgIpc) is 4.06. The van der Waals surface area contributed by atoms with Gasteiger partial charge in [0.2, 0.25) is 11.9 Å². The van der Waals surface area contributed by atoms with Gasteiger partial charge in [-0.15, -0.1) is 0 Å². The summed E-state index contributed by atoms with van der Waals surface area (Å²) >= 11 is 0. The van der Waals surface area contributed by atoms with E-state index in [4.69, 9.17) is 29.9 Å². The first-order valence-electron chi connectivity index (χ1n) is 23.0. The summed E-state index contributed by atoms with van der Waals surface area (Å²) in [6, 6.07) is 77.5. The Morgan fingerprint density at radius 2 is 0.565 bits per heavy atom. The van der Waals surface area contributed by atoms with Crippen LogP contribution in [0.4, 0.5) is 0 Å². The van der Waals surface area contributed by atoms with E-state index >= 15 is 0 Å². The third kappa shape index (κ3) is 6.18. The van der Waals surface area contributed by atoms with E-state index in [0.717, 1.165) is 93.4 Å². The summed E-state index contributed by atoms with van der Waals surface area (Å²) in [6.07, 6.45) is 0. The first-order valence-corrected chi connectivity index (χ1v) is 23.0. The molecule has 9 heteroatoms. The number of rotatable bonds is 7. The second kappa shape index (κ2) is 15.5. The molecule has 14 aromatic rings. The predicted octanol–water partition coefficient (Wildman–Crippen LogP) is 14.0. The highest BCUT2D eigenvalue weighted by Crippen LogP contribution is 2.44. The van der Waals surface area contributed by atoms with Gasteiger partial charge in [0.1, 0.15) is 0 Å². The summed E-state index contributed by atoms with van der Waals surface area (Å²) in [7, 11) is 0. The van der Waals surface area contributed by atoms with Gasteiger partial charge in [-0.2, -0.15) is 19.9 Å². The predicted molar refractivity (Wildman–Crippen MR) is 278 cm³/mol. The fraction of sp³-hybridized carbons (Fsp3) is 0. The van der Waals surface area contributed by atoms with Crippen molar-refractivity contribution in [1.29, 1.82) is 0 Å². The van der Waals surface area contributed by atoms with Crippen LogP contribution >= 0.6 is 0 Å². The molecule has 0 N–H and O–H groups in total. The monoisotopic (exact) mass is 883 g/mol. The largest absolute Gasteiger partial charge is 0.307 e. The zero-order valence-electron chi connectivity index (χ0n) is 36.9. The number of hydrogen-bond acceptors (Lipinski definition) is 6. The van der Waals surface area contributed by atoms with Crippen molar-refractivity contribution in [3.8, 4) is 63.1 Å². The molecule has 5 aromatic heterocycles. The van der Waals surface area contributed by atoms with Crippen molar-refractivity contribution in [2.24, 2.45) is 0 Å². The molecule has 0 saturated carbocycles. The molecule has 0 aliphatic rings. The summed E-state index contributed by atoms with van der Waals surface area (Å²) in [6.45, 7) is 0. The molecule has 9 aromatic carbocycles. The lowest BCUT2D eigenvalue weighted by atomic mass is 10.1. The first-order chi connectivity index (χ1) is 34.2. The maximum absolute atomic E-state index is 5.32. The molecule has 5 heterocycles. The highest BCUT2D eigenvalue weighted by molar-refractivity contribution is 6.26. The van der Waals surface area contributed by atoms with Gasteiger partial charge < -0.3 is 4.57 Å². The molecule has 0 aliphatic heterocycles. The van der Waals surface area contributed by atoms with Crippen LogP contribution in [0.2, 0.25) is 0 Å². The molecule has 69 heavy (non-hydrogen) atoms. The highest BCUT2D eigenvalue weighted by Gasteiger charge is 2.26. The van der Waals surface area contributed by atoms with E-state index in [2.05, 4.69) is 117 Å². The van der Waals surface area contributed by atoms with Gasteiger partial charge in [0.15, 0.2) is 23.3 Å². The van der Waals surface area contributed by atoms with Gasteiger partial charge in [0.25, 0.3) is 0 Å². The molecule has 9 nitrogen and oxygen atoms in total. The highest BCUT2D eigenvalue weighted by atomic mass is 15.2. The Morgan fingerprint density at radius 3 is 1.04 bits per heavy atom. The molecule has 0 aliphatic carbocycles. The molecule has 0 bridgehead atoms. The molecule has 0 spiro atoms. The van der Waals surface area contributed by atoms with Crippen LogP contribution in [0.25, 0.3) is 129 Å². The number of para-hydroxylation sites is 3. The van der Waals surface area contributed by atoms with Gasteiger partial charge in [0.05, 0.1) is 33.1 Å². The van der Waals surface area contributed by atoms with Crippen molar-refractivity contribution in [3.05, 3.63) is 224 Å². The van der Waals surface area contributed by atoms with E-state index in [9.17, 15) is 0 Å². The average molecular weight is 884 g/mol. The van der Waals surface area contributed by atoms with Crippen LogP contribution in [0, 0.1) is 0 Å². The van der Waals surface area contributed by atoms with E-state index in [1.807, 2.05) is 121 Å². The Labute approximate surface area is 394 Å². The molecule has 0 radical (unpaired) electrons. The van der Waals surface area contributed by atoms with Crippen LogP contribution in [0.15, 0.2) is 224 Å². The standard InChI is InChI=1S/C60H37N9/c1-6-20-38(21-7-1)55-61-56(39-22-8-2-9-23-39)64-59(63-55)68-49-32-18-17-31-44(49)47-36-51-48(37-52(47)68)46-35-34-45-43-30-16-19-33-50(43)69(54(45)53(46)67(51)42-28-14-5-15-29-42)60-65-57(40-24-10-3-11-25-40)62-58(66-60)41-26-12-4-13-27-41/h1-37H. The SMILES string of the molecule is c1ccc(-c2nc(-c3ccccc3)nc(-n3c4ccccc4c4cc5c(cc43)c3ccc4c6ccccc6n(-c6nc(-c7ccccc7)nc(-c7ccccc7)n6)c4c3n5-c3ccccc3)n2)cc1. The number of nitrogens with zero attached hydrogens (tertiary/aromatic N) is 9. The van der Waals surface area contributed by atoms with Crippen LogP contribution < -0.4 is 0 Å². The van der Waals surface area contributed by atoms with E-state index in [1.54, 1.807) is 0 Å². The molecule has 0 unspecified atom stereocenters. The van der Waals surface area contributed by atoms with E-state index in [0.29, 0.717) is 35.2 Å². The van der Waals surface area contributed by atoms with Crippen molar-refractivity contribution in [1.82, 2.24) is 43.6 Å². The lowest BCUT2D eigenvalue weighted by molar-refractivity contribution is 0.953. The maximum Gasteiger partial charge on any atom is 0.238 e. The van der Waals surface area contributed by atoms with Crippen molar-refractivity contribution >= 4 is 65.4 Å². The topological polar surface area (TPSA) is 92.1 Å². The quantitative estimate of drug-likeness (QED) is 0.158. The molecular weight excluding hydrogens is 847 g/mol. The first kappa shape index (κ1) is 38.6. The van der Waals surface area contributed by atoms with Gasteiger partial charge in [-0.1, -0.05) is 188 Å². The third-order valence-electron chi connectivity index (χ3n) is 13.1. The van der Waals surface area contributed by atoms with Crippen molar-refractivity contribution in [2.75, 3.05) is 0 Å². The minimum atomic E-state index is 0.534. The van der Waals surface area contributed by atoms with Crippen LogP contribution in [0.5, 0.6) is 0 Å². The lowest BCUT2D eigenvalue weighted by Crippen LogP contribution is -2.07. The fourth-order valence-electron chi connectivity index (χ4n) is 10.1. The molecular formula is C60H37N9. The van der Waals surface area contributed by atoms with Gasteiger partial charge in [0, 0.05) is 60.3 Å². The zero-order valence-corrected chi connectivity index (χ0v) is 36.9. The Hall–Kier alpha value is -9.60. The van der Waals surface area contributed by atoms with Gasteiger partial charge in [-0.05, 0) is 36.4 Å². The molecule has 0 saturated heterocycles. The van der Waals surface area contributed by atoms with Crippen LogP contribution in [-0.2, 0) is 0 Å².